The quantitative estimate of drug-likeness (QED) is 0.183. The molecule has 12 heteroatoms. The molecule has 0 spiro atoms. The molecule has 1 aliphatic rings. The van der Waals surface area contributed by atoms with Gasteiger partial charge in [-0.15, -0.1) is 139 Å². The summed E-state index contributed by atoms with van der Waals surface area (Å²) in [4.78, 5) is 0. The zero-order chi connectivity index (χ0) is 23.5. The minimum Gasteiger partial charge on any atom is -0.126 e. The first kappa shape index (κ1) is 31.5. The fourth-order valence-corrected chi connectivity index (χ4v) is 13.9. The third-order valence-corrected chi connectivity index (χ3v) is 13.7. The summed E-state index contributed by atoms with van der Waals surface area (Å²) in [6.07, 6.45) is 0. The minimum absolute atomic E-state index is 0.0289. The first-order valence-electron chi connectivity index (χ1n) is 8.95. The standard InChI is InChI=1S/C18H24Cl12/c19-1-13(2-20)14(3-21,4-22)16(7-25,8-26)18(11-29,12-30)17(9-27,10-28)15(13,5-23)6-24/h1-12H2. The Labute approximate surface area is 240 Å². The van der Waals surface area contributed by atoms with Crippen LogP contribution in [0.5, 0.6) is 0 Å². The molecule has 0 radical (unpaired) electrons. The normalized spacial score (nSPS) is 25.2. The van der Waals surface area contributed by atoms with Gasteiger partial charge in [-0.3, -0.25) is 0 Å². The maximum atomic E-state index is 6.73. The molecule has 0 heterocycles. The second-order valence-corrected chi connectivity index (χ2v) is 11.3. The summed E-state index contributed by atoms with van der Waals surface area (Å²) in [5.41, 5.74) is -6.22. The van der Waals surface area contributed by atoms with Crippen LogP contribution in [0.1, 0.15) is 0 Å². The van der Waals surface area contributed by atoms with Gasteiger partial charge in [0.2, 0.25) is 0 Å². The Morgan fingerprint density at radius 1 is 0.200 bits per heavy atom. The van der Waals surface area contributed by atoms with Crippen molar-refractivity contribution < 1.29 is 0 Å². The summed E-state index contributed by atoms with van der Waals surface area (Å²) >= 11 is 80.7. The second kappa shape index (κ2) is 12.1. The van der Waals surface area contributed by atoms with Crippen molar-refractivity contribution in [3.8, 4) is 0 Å². The summed E-state index contributed by atoms with van der Waals surface area (Å²) in [5, 5.41) is 0. The van der Waals surface area contributed by atoms with Gasteiger partial charge in [0, 0.05) is 103 Å². The van der Waals surface area contributed by atoms with Gasteiger partial charge in [0.15, 0.2) is 0 Å². The Morgan fingerprint density at radius 2 is 0.267 bits per heavy atom. The van der Waals surface area contributed by atoms with Crippen LogP contribution in [0.25, 0.3) is 0 Å². The highest BCUT2D eigenvalue weighted by Gasteiger charge is 2.84. The van der Waals surface area contributed by atoms with Crippen molar-refractivity contribution in [1.82, 2.24) is 0 Å². The van der Waals surface area contributed by atoms with E-state index in [1.807, 2.05) is 0 Å². The fraction of sp³-hybridized carbons (Fsp3) is 1.00. The van der Waals surface area contributed by atoms with E-state index in [2.05, 4.69) is 0 Å². The number of hydrogen-bond donors (Lipinski definition) is 0. The molecule has 180 valence electrons. The maximum absolute atomic E-state index is 6.73. The number of hydrogen-bond acceptors (Lipinski definition) is 0. The summed E-state index contributed by atoms with van der Waals surface area (Å²) in [7, 11) is 0. The summed E-state index contributed by atoms with van der Waals surface area (Å²) < 4.78 is 0. The average molecular weight is 666 g/mol. The lowest BCUT2D eigenvalue weighted by Crippen LogP contribution is -2.85. The van der Waals surface area contributed by atoms with Crippen molar-refractivity contribution >= 4 is 139 Å². The van der Waals surface area contributed by atoms with E-state index in [0.717, 1.165) is 0 Å². The van der Waals surface area contributed by atoms with E-state index in [0.29, 0.717) is 0 Å². The van der Waals surface area contributed by atoms with Gasteiger partial charge in [0.25, 0.3) is 0 Å². The molecule has 0 aliphatic heterocycles. The van der Waals surface area contributed by atoms with Gasteiger partial charge in [0.1, 0.15) is 0 Å². The highest BCUT2D eigenvalue weighted by Crippen LogP contribution is 2.81. The SMILES string of the molecule is ClCC1(CCl)C(CCl)(CCl)C(CCl)(CCl)C(CCl)(CCl)C(CCl)(CCl)C1(CCl)CCl. The van der Waals surface area contributed by atoms with Crippen LogP contribution in [0.2, 0.25) is 0 Å². The molecule has 0 amide bonds. The maximum Gasteiger partial charge on any atom is 0.0304 e. The third kappa shape index (κ3) is 3.35. The van der Waals surface area contributed by atoms with Crippen molar-refractivity contribution in [2.45, 2.75) is 0 Å². The van der Waals surface area contributed by atoms with Crippen LogP contribution in [0.3, 0.4) is 0 Å². The lowest BCUT2D eigenvalue weighted by Gasteiger charge is -2.80. The average Bonchev–Trinajstić information content (AvgIpc) is 2.81. The lowest BCUT2D eigenvalue weighted by atomic mass is 9.27. The van der Waals surface area contributed by atoms with Crippen molar-refractivity contribution in [1.29, 1.82) is 0 Å². The summed E-state index contributed by atoms with van der Waals surface area (Å²) in [6, 6.07) is 0. The lowest BCUT2D eigenvalue weighted by molar-refractivity contribution is -0.265. The van der Waals surface area contributed by atoms with Crippen LogP contribution in [0.4, 0.5) is 0 Å². The zero-order valence-corrected chi connectivity index (χ0v) is 25.1. The molecule has 1 aliphatic carbocycles. The first-order chi connectivity index (χ1) is 14.2. The number of rotatable bonds is 12. The molecule has 0 nitrogen and oxygen atoms in total. The fourth-order valence-electron chi connectivity index (χ4n) is 6.03. The van der Waals surface area contributed by atoms with Gasteiger partial charge in [-0.05, 0) is 0 Å². The highest BCUT2D eigenvalue weighted by molar-refractivity contribution is 6.29. The van der Waals surface area contributed by atoms with Crippen molar-refractivity contribution in [3.05, 3.63) is 0 Å². The second-order valence-electron chi connectivity index (χ2n) is 8.10. The van der Waals surface area contributed by atoms with E-state index in [1.54, 1.807) is 0 Å². The van der Waals surface area contributed by atoms with Crippen molar-refractivity contribution in [3.63, 3.8) is 0 Å². The Kier molecular flexibility index (Phi) is 12.8. The summed E-state index contributed by atoms with van der Waals surface area (Å²) in [5.74, 6) is 0.346. The van der Waals surface area contributed by atoms with Crippen molar-refractivity contribution in [2.24, 2.45) is 32.5 Å². The number of halogens is 12. The molecule has 0 unspecified atom stereocenters. The molecule has 0 aromatic carbocycles. The van der Waals surface area contributed by atoms with Crippen LogP contribution in [-0.2, 0) is 0 Å². The Hall–Kier alpha value is 3.48. The van der Waals surface area contributed by atoms with E-state index < -0.39 is 32.5 Å². The predicted molar refractivity (Wildman–Crippen MR) is 143 cm³/mol. The molecule has 0 saturated heterocycles. The molecule has 1 saturated carbocycles. The Morgan fingerprint density at radius 3 is 0.300 bits per heavy atom. The van der Waals surface area contributed by atoms with E-state index in [4.69, 9.17) is 139 Å². The van der Waals surface area contributed by atoms with Crippen LogP contribution < -0.4 is 0 Å². The van der Waals surface area contributed by atoms with Crippen LogP contribution in [-0.4, -0.2) is 70.6 Å². The van der Waals surface area contributed by atoms with Gasteiger partial charge in [0.05, 0.1) is 0 Å². The van der Waals surface area contributed by atoms with Gasteiger partial charge in [-0.25, -0.2) is 0 Å². The molecular formula is C18H24Cl12. The molecule has 1 fully saturated rings. The molecule has 30 heavy (non-hydrogen) atoms. The molecular weight excluding hydrogens is 642 g/mol. The number of alkyl halides is 12. The van der Waals surface area contributed by atoms with E-state index in [9.17, 15) is 0 Å². The first-order valence-corrected chi connectivity index (χ1v) is 15.4. The van der Waals surface area contributed by atoms with Gasteiger partial charge in [-0.1, -0.05) is 0 Å². The van der Waals surface area contributed by atoms with Gasteiger partial charge >= 0.3 is 0 Å². The smallest absolute Gasteiger partial charge is 0.0304 e. The topological polar surface area (TPSA) is 0 Å². The van der Waals surface area contributed by atoms with E-state index in [-0.39, 0.29) is 70.6 Å². The zero-order valence-electron chi connectivity index (χ0n) is 16.0. The van der Waals surface area contributed by atoms with Crippen LogP contribution >= 0.6 is 139 Å². The monoisotopic (exact) mass is 660 g/mol. The van der Waals surface area contributed by atoms with Crippen LogP contribution in [0, 0.1) is 32.5 Å². The predicted octanol–water partition coefficient (Wildman–Crippen LogP) is 8.78. The molecule has 0 aromatic rings. The van der Waals surface area contributed by atoms with Crippen LogP contribution in [0.15, 0.2) is 0 Å². The minimum atomic E-state index is -1.04. The van der Waals surface area contributed by atoms with Gasteiger partial charge in [-0.2, -0.15) is 0 Å². The largest absolute Gasteiger partial charge is 0.126 e. The van der Waals surface area contributed by atoms with E-state index in [1.165, 1.54) is 0 Å². The molecule has 0 aromatic heterocycles. The van der Waals surface area contributed by atoms with Gasteiger partial charge < -0.3 is 0 Å². The Balaban J connectivity index is 4.54. The third-order valence-electron chi connectivity index (χ3n) is 8.23. The molecule has 0 N–H and O–H groups in total. The van der Waals surface area contributed by atoms with Crippen molar-refractivity contribution in [2.75, 3.05) is 70.6 Å². The molecule has 0 bridgehead atoms. The summed E-state index contributed by atoms with van der Waals surface area (Å²) in [6.45, 7) is 0. The molecule has 0 atom stereocenters. The Bertz CT molecular complexity index is 381. The highest BCUT2D eigenvalue weighted by atomic mass is 35.5. The van der Waals surface area contributed by atoms with E-state index >= 15 is 0 Å². The molecule has 1 rings (SSSR count).